The average Bonchev–Trinajstić information content (AvgIpc) is 2.61. The van der Waals surface area contributed by atoms with Crippen molar-refractivity contribution < 1.29 is 23.8 Å². The van der Waals surface area contributed by atoms with E-state index in [4.69, 9.17) is 14.2 Å². The summed E-state index contributed by atoms with van der Waals surface area (Å²) in [5.74, 6) is 0.994. The van der Waals surface area contributed by atoms with Gasteiger partial charge in [0, 0.05) is 36.9 Å². The third kappa shape index (κ3) is 4.10. The van der Waals surface area contributed by atoms with E-state index < -0.39 is 0 Å². The van der Waals surface area contributed by atoms with E-state index >= 15 is 0 Å². The number of hydrogen-bond donors (Lipinski definition) is 0. The molecule has 0 unspecified atom stereocenters. The van der Waals surface area contributed by atoms with Crippen LogP contribution in [0.1, 0.15) is 10.4 Å². The van der Waals surface area contributed by atoms with Crippen LogP contribution in [0.2, 0.25) is 0 Å². The van der Waals surface area contributed by atoms with E-state index in [1.807, 2.05) is 0 Å². The zero-order valence-electron chi connectivity index (χ0n) is 14.0. The van der Waals surface area contributed by atoms with Crippen molar-refractivity contribution in [2.24, 2.45) is 0 Å². The Morgan fingerprint density at radius 3 is 2.08 bits per heavy atom. The molecular formula is C16H21IN2O5. The molecule has 24 heavy (non-hydrogen) atoms. The average molecular weight is 448 g/mol. The number of halogens is 1. The maximum absolute atomic E-state index is 12.8. The van der Waals surface area contributed by atoms with Gasteiger partial charge in [0.15, 0.2) is 11.5 Å². The van der Waals surface area contributed by atoms with Gasteiger partial charge in [-0.1, -0.05) is 0 Å². The normalized spacial score (nSPS) is 14.5. The molecule has 0 radical (unpaired) electrons. The summed E-state index contributed by atoms with van der Waals surface area (Å²) in [6, 6.07) is 3.48. The number of benzene rings is 1. The quantitative estimate of drug-likeness (QED) is 0.635. The summed E-state index contributed by atoms with van der Waals surface area (Å²) < 4.78 is 16.2. The van der Waals surface area contributed by atoms with Crippen molar-refractivity contribution in [1.82, 2.24) is 9.80 Å². The Kier molecular flexibility index (Phi) is 6.67. The molecule has 0 aromatic heterocycles. The second-order valence-electron chi connectivity index (χ2n) is 5.29. The molecular weight excluding hydrogens is 427 g/mol. The highest BCUT2D eigenvalue weighted by atomic mass is 127. The van der Waals surface area contributed by atoms with Crippen molar-refractivity contribution >= 4 is 34.4 Å². The molecule has 1 heterocycles. The summed E-state index contributed by atoms with van der Waals surface area (Å²) >= 11 is 2.12. The monoisotopic (exact) mass is 448 g/mol. The first-order chi connectivity index (χ1) is 11.5. The van der Waals surface area contributed by atoms with Gasteiger partial charge >= 0.3 is 0 Å². The van der Waals surface area contributed by atoms with Crippen LogP contribution in [0.4, 0.5) is 0 Å². The van der Waals surface area contributed by atoms with Gasteiger partial charge in [-0.2, -0.15) is 0 Å². The second kappa shape index (κ2) is 8.52. The molecule has 8 heteroatoms. The van der Waals surface area contributed by atoms with E-state index in [0.29, 0.717) is 43.2 Å². The maximum Gasteiger partial charge on any atom is 0.255 e. The first-order valence-corrected chi connectivity index (χ1v) is 8.57. The molecule has 0 saturated carbocycles. The van der Waals surface area contributed by atoms with Crippen LogP contribution in [0.5, 0.6) is 11.5 Å². The van der Waals surface area contributed by atoms with Gasteiger partial charge in [0.1, 0.15) is 6.61 Å². The number of carbonyl (C=O) groups is 2. The lowest BCUT2D eigenvalue weighted by Crippen LogP contribution is -2.51. The fourth-order valence-electron chi connectivity index (χ4n) is 2.56. The van der Waals surface area contributed by atoms with Crippen molar-refractivity contribution in [3.05, 3.63) is 21.3 Å². The van der Waals surface area contributed by atoms with Crippen molar-refractivity contribution in [3.8, 4) is 11.5 Å². The van der Waals surface area contributed by atoms with Gasteiger partial charge in [-0.25, -0.2) is 0 Å². The fraction of sp³-hybridized carbons (Fsp3) is 0.500. The SMILES string of the molecule is COCC(=O)N1CCN(C(=O)c2cc(OC)c(OC)cc2I)CC1. The lowest BCUT2D eigenvalue weighted by molar-refractivity contribution is -0.136. The zero-order chi connectivity index (χ0) is 17.7. The number of carbonyl (C=O) groups excluding carboxylic acids is 2. The van der Waals surface area contributed by atoms with E-state index in [1.54, 1.807) is 36.2 Å². The van der Waals surface area contributed by atoms with Crippen LogP contribution in [-0.2, 0) is 9.53 Å². The Hall–Kier alpha value is -1.55. The fourth-order valence-corrected chi connectivity index (χ4v) is 3.23. The molecule has 1 aromatic carbocycles. The summed E-state index contributed by atoms with van der Waals surface area (Å²) in [6.07, 6.45) is 0. The first-order valence-electron chi connectivity index (χ1n) is 7.49. The lowest BCUT2D eigenvalue weighted by atomic mass is 10.1. The predicted molar refractivity (Wildman–Crippen MR) is 96.6 cm³/mol. The Labute approximate surface area is 155 Å². The van der Waals surface area contributed by atoms with Crippen molar-refractivity contribution in [1.29, 1.82) is 0 Å². The van der Waals surface area contributed by atoms with Crippen LogP contribution < -0.4 is 9.47 Å². The van der Waals surface area contributed by atoms with Crippen molar-refractivity contribution in [2.45, 2.75) is 0 Å². The standard InChI is InChI=1S/C16H21IN2O5/c1-22-10-15(20)18-4-6-19(7-5-18)16(21)11-8-13(23-2)14(24-3)9-12(11)17/h8-9H,4-7,10H2,1-3H3. The summed E-state index contributed by atoms with van der Waals surface area (Å²) in [5.41, 5.74) is 0.574. The van der Waals surface area contributed by atoms with Gasteiger partial charge in [-0.15, -0.1) is 0 Å². The van der Waals surface area contributed by atoms with Crippen LogP contribution >= 0.6 is 22.6 Å². The van der Waals surface area contributed by atoms with Gasteiger partial charge < -0.3 is 24.0 Å². The van der Waals surface area contributed by atoms with Gasteiger partial charge in [-0.3, -0.25) is 9.59 Å². The molecule has 1 aromatic rings. The molecule has 7 nitrogen and oxygen atoms in total. The van der Waals surface area contributed by atoms with E-state index in [0.717, 1.165) is 3.57 Å². The number of methoxy groups -OCH3 is 3. The van der Waals surface area contributed by atoms with Crippen LogP contribution in [0.15, 0.2) is 12.1 Å². The largest absolute Gasteiger partial charge is 0.493 e. The summed E-state index contributed by atoms with van der Waals surface area (Å²) in [5, 5.41) is 0. The number of ether oxygens (including phenoxy) is 3. The first kappa shape index (κ1) is 18.8. The zero-order valence-corrected chi connectivity index (χ0v) is 16.2. The third-order valence-electron chi connectivity index (χ3n) is 3.89. The highest BCUT2D eigenvalue weighted by molar-refractivity contribution is 14.1. The molecule has 0 bridgehead atoms. The lowest BCUT2D eigenvalue weighted by Gasteiger charge is -2.35. The molecule has 1 saturated heterocycles. The molecule has 1 aliphatic rings. The minimum Gasteiger partial charge on any atom is -0.493 e. The highest BCUT2D eigenvalue weighted by Gasteiger charge is 2.26. The van der Waals surface area contributed by atoms with Gasteiger partial charge in [-0.05, 0) is 34.7 Å². The third-order valence-corrected chi connectivity index (χ3v) is 4.78. The minimum absolute atomic E-state index is 0.0507. The second-order valence-corrected chi connectivity index (χ2v) is 6.46. The molecule has 0 N–H and O–H groups in total. The molecule has 2 rings (SSSR count). The molecule has 132 valence electrons. The van der Waals surface area contributed by atoms with Crippen molar-refractivity contribution in [3.63, 3.8) is 0 Å². The molecule has 0 atom stereocenters. The number of amides is 2. The number of hydrogen-bond acceptors (Lipinski definition) is 5. The van der Waals surface area contributed by atoms with Crippen LogP contribution in [0.25, 0.3) is 0 Å². The highest BCUT2D eigenvalue weighted by Crippen LogP contribution is 2.32. The molecule has 1 fully saturated rings. The van der Waals surface area contributed by atoms with E-state index in [1.165, 1.54) is 7.11 Å². The predicted octanol–water partition coefficient (Wildman–Crippen LogP) is 1.24. The minimum atomic E-state index is -0.0702. The van der Waals surface area contributed by atoms with Gasteiger partial charge in [0.2, 0.25) is 5.91 Å². The summed E-state index contributed by atoms with van der Waals surface area (Å²) in [6.45, 7) is 2.09. The number of piperazine rings is 1. The maximum atomic E-state index is 12.8. The van der Waals surface area contributed by atoms with Gasteiger partial charge in [0.25, 0.3) is 5.91 Å². The summed E-state index contributed by atoms with van der Waals surface area (Å²) in [7, 11) is 4.60. The Bertz CT molecular complexity index is 615. The van der Waals surface area contributed by atoms with Crippen molar-refractivity contribution in [2.75, 3.05) is 54.1 Å². The van der Waals surface area contributed by atoms with E-state index in [9.17, 15) is 9.59 Å². The number of nitrogens with zero attached hydrogens (tertiary/aromatic N) is 2. The van der Waals surface area contributed by atoms with E-state index in [2.05, 4.69) is 22.6 Å². The Morgan fingerprint density at radius 2 is 1.54 bits per heavy atom. The van der Waals surface area contributed by atoms with Crippen LogP contribution in [0, 0.1) is 3.57 Å². The summed E-state index contributed by atoms with van der Waals surface area (Å²) in [4.78, 5) is 28.1. The Morgan fingerprint density at radius 1 is 1.00 bits per heavy atom. The Balaban J connectivity index is 2.09. The topological polar surface area (TPSA) is 68.3 Å². The van der Waals surface area contributed by atoms with Crippen LogP contribution in [0.3, 0.4) is 0 Å². The molecule has 0 aliphatic carbocycles. The van der Waals surface area contributed by atoms with Crippen LogP contribution in [-0.4, -0.2) is 75.7 Å². The van der Waals surface area contributed by atoms with E-state index in [-0.39, 0.29) is 18.4 Å². The molecule has 2 amide bonds. The van der Waals surface area contributed by atoms with Gasteiger partial charge in [0.05, 0.1) is 19.8 Å². The smallest absolute Gasteiger partial charge is 0.255 e. The number of rotatable bonds is 5. The molecule has 0 spiro atoms. The molecule has 1 aliphatic heterocycles.